The first-order valence-electron chi connectivity index (χ1n) is 6.22. The normalized spacial score (nSPS) is 13.5. The summed E-state index contributed by atoms with van der Waals surface area (Å²) in [4.78, 5) is 4.16. The van der Waals surface area contributed by atoms with E-state index in [0.29, 0.717) is 11.3 Å². The van der Waals surface area contributed by atoms with E-state index in [-0.39, 0.29) is 10.8 Å². The van der Waals surface area contributed by atoms with Crippen molar-refractivity contribution in [1.82, 2.24) is 14.6 Å². The second-order valence-electron chi connectivity index (χ2n) is 4.61. The molecular formula is C14H9ClF3N3O. The first-order chi connectivity index (χ1) is 10.4. The Labute approximate surface area is 127 Å². The third-order valence-corrected chi connectivity index (χ3v) is 3.40. The fourth-order valence-electron chi connectivity index (χ4n) is 2.07. The molecule has 0 fully saturated rings. The molecular weight excluding hydrogens is 319 g/mol. The van der Waals surface area contributed by atoms with Crippen LogP contribution in [-0.2, 0) is 0 Å². The number of halogens is 4. The van der Waals surface area contributed by atoms with E-state index in [0.717, 1.165) is 10.7 Å². The van der Waals surface area contributed by atoms with E-state index in [1.54, 1.807) is 30.3 Å². The molecule has 4 nitrogen and oxygen atoms in total. The molecule has 0 aliphatic carbocycles. The van der Waals surface area contributed by atoms with Gasteiger partial charge in [0.05, 0.1) is 17.5 Å². The minimum absolute atomic E-state index is 0.101. The average molecular weight is 328 g/mol. The van der Waals surface area contributed by atoms with E-state index >= 15 is 0 Å². The van der Waals surface area contributed by atoms with Gasteiger partial charge in [0, 0.05) is 11.6 Å². The largest absolute Gasteiger partial charge is 0.418 e. The van der Waals surface area contributed by atoms with Crippen LogP contribution in [0.25, 0.3) is 16.9 Å². The standard InChI is InChI=1S/C14H9ClF3N3O/c15-11-6-10(8-4-2-1-3-5-8)20-13-9(7-19-21(11)13)12(22)14(16,17)18/h1-7,12,22H. The first kappa shape index (κ1) is 14.8. The molecule has 22 heavy (non-hydrogen) atoms. The number of nitrogens with zero attached hydrogens (tertiary/aromatic N) is 3. The Kier molecular flexibility index (Phi) is 3.54. The number of alkyl halides is 3. The molecule has 1 aromatic carbocycles. The highest BCUT2D eigenvalue weighted by Gasteiger charge is 2.41. The molecule has 3 aromatic rings. The number of benzene rings is 1. The summed E-state index contributed by atoms with van der Waals surface area (Å²) in [6.45, 7) is 0. The molecule has 0 aliphatic rings. The molecule has 0 amide bonds. The number of hydrogen-bond donors (Lipinski definition) is 1. The number of aromatic nitrogens is 3. The zero-order valence-electron chi connectivity index (χ0n) is 10.9. The minimum Gasteiger partial charge on any atom is -0.379 e. The van der Waals surface area contributed by atoms with Gasteiger partial charge in [-0.15, -0.1) is 0 Å². The van der Waals surface area contributed by atoms with Crippen LogP contribution in [-0.4, -0.2) is 25.9 Å². The molecule has 114 valence electrons. The Morgan fingerprint density at radius 2 is 1.86 bits per heavy atom. The van der Waals surface area contributed by atoms with E-state index < -0.39 is 17.8 Å². The molecule has 0 saturated heterocycles. The molecule has 1 N–H and O–H groups in total. The lowest BCUT2D eigenvalue weighted by Gasteiger charge is -2.13. The fraction of sp³-hybridized carbons (Fsp3) is 0.143. The lowest BCUT2D eigenvalue weighted by atomic mass is 10.1. The van der Waals surface area contributed by atoms with Crippen LogP contribution in [0, 0.1) is 0 Å². The second-order valence-corrected chi connectivity index (χ2v) is 5.00. The molecule has 0 bridgehead atoms. The van der Waals surface area contributed by atoms with Gasteiger partial charge in [0.1, 0.15) is 5.15 Å². The quantitative estimate of drug-likeness (QED) is 0.731. The monoisotopic (exact) mass is 327 g/mol. The van der Waals surface area contributed by atoms with Gasteiger partial charge in [-0.05, 0) is 0 Å². The molecule has 3 rings (SSSR count). The van der Waals surface area contributed by atoms with Crippen molar-refractivity contribution in [3.8, 4) is 11.3 Å². The van der Waals surface area contributed by atoms with Crippen molar-refractivity contribution in [3.63, 3.8) is 0 Å². The van der Waals surface area contributed by atoms with Gasteiger partial charge in [0.25, 0.3) is 0 Å². The van der Waals surface area contributed by atoms with Crippen LogP contribution in [0.5, 0.6) is 0 Å². The number of aliphatic hydroxyl groups is 1. The van der Waals surface area contributed by atoms with Gasteiger partial charge < -0.3 is 5.11 Å². The highest BCUT2D eigenvalue weighted by molar-refractivity contribution is 6.30. The topological polar surface area (TPSA) is 50.4 Å². The Morgan fingerprint density at radius 3 is 2.50 bits per heavy atom. The molecule has 0 spiro atoms. The van der Waals surface area contributed by atoms with Crippen molar-refractivity contribution in [2.45, 2.75) is 12.3 Å². The van der Waals surface area contributed by atoms with Crippen LogP contribution in [0.15, 0.2) is 42.6 Å². The average Bonchev–Trinajstić information content (AvgIpc) is 2.90. The van der Waals surface area contributed by atoms with Crippen LogP contribution in [0.1, 0.15) is 11.7 Å². The molecule has 1 unspecified atom stereocenters. The Hall–Kier alpha value is -2.12. The number of fused-ring (bicyclic) bond motifs is 1. The summed E-state index contributed by atoms with van der Waals surface area (Å²) in [5.41, 5.74) is 0.526. The zero-order valence-corrected chi connectivity index (χ0v) is 11.7. The number of rotatable bonds is 2. The van der Waals surface area contributed by atoms with Crippen LogP contribution in [0.2, 0.25) is 5.15 Å². The lowest BCUT2D eigenvalue weighted by molar-refractivity contribution is -0.206. The lowest BCUT2D eigenvalue weighted by Crippen LogP contribution is -2.20. The molecule has 0 radical (unpaired) electrons. The summed E-state index contributed by atoms with van der Waals surface area (Å²) in [5, 5.41) is 13.3. The van der Waals surface area contributed by atoms with Crippen molar-refractivity contribution in [1.29, 1.82) is 0 Å². The van der Waals surface area contributed by atoms with Crippen LogP contribution >= 0.6 is 11.6 Å². The number of hydrogen-bond acceptors (Lipinski definition) is 3. The minimum atomic E-state index is -4.81. The van der Waals surface area contributed by atoms with E-state index in [4.69, 9.17) is 11.6 Å². The van der Waals surface area contributed by atoms with Crippen LogP contribution < -0.4 is 0 Å². The smallest absolute Gasteiger partial charge is 0.379 e. The molecule has 1 atom stereocenters. The second kappa shape index (κ2) is 5.26. The van der Waals surface area contributed by atoms with Crippen LogP contribution in [0.3, 0.4) is 0 Å². The van der Waals surface area contributed by atoms with Gasteiger partial charge >= 0.3 is 6.18 Å². The predicted octanol–water partition coefficient (Wildman–Crippen LogP) is 3.65. The summed E-state index contributed by atoms with van der Waals surface area (Å²) in [6, 6.07) is 10.4. The van der Waals surface area contributed by atoms with Gasteiger partial charge in [-0.2, -0.15) is 18.3 Å². The first-order valence-corrected chi connectivity index (χ1v) is 6.60. The van der Waals surface area contributed by atoms with Crippen molar-refractivity contribution < 1.29 is 18.3 Å². The fourth-order valence-corrected chi connectivity index (χ4v) is 2.30. The van der Waals surface area contributed by atoms with Crippen molar-refractivity contribution >= 4 is 17.2 Å². The molecule has 2 heterocycles. The van der Waals surface area contributed by atoms with Crippen molar-refractivity contribution in [2.75, 3.05) is 0 Å². The highest BCUT2D eigenvalue weighted by atomic mass is 35.5. The Morgan fingerprint density at radius 1 is 1.18 bits per heavy atom. The van der Waals surface area contributed by atoms with Gasteiger partial charge in [-0.3, -0.25) is 0 Å². The maximum absolute atomic E-state index is 12.7. The highest BCUT2D eigenvalue weighted by Crippen LogP contribution is 2.35. The third kappa shape index (κ3) is 2.53. The maximum Gasteiger partial charge on any atom is 0.418 e. The van der Waals surface area contributed by atoms with E-state index in [1.165, 1.54) is 6.07 Å². The van der Waals surface area contributed by atoms with E-state index in [1.807, 2.05) is 0 Å². The summed E-state index contributed by atoms with van der Waals surface area (Å²) >= 11 is 6.04. The maximum atomic E-state index is 12.7. The molecule has 0 aliphatic heterocycles. The number of aliphatic hydroxyl groups excluding tert-OH is 1. The summed E-state index contributed by atoms with van der Waals surface area (Å²) < 4.78 is 39.2. The third-order valence-electron chi connectivity index (χ3n) is 3.13. The summed E-state index contributed by atoms with van der Waals surface area (Å²) in [7, 11) is 0. The SMILES string of the molecule is OC(c1cnn2c(Cl)cc(-c3ccccc3)nc12)C(F)(F)F. The Bertz CT molecular complexity index is 817. The van der Waals surface area contributed by atoms with Crippen molar-refractivity contribution in [3.05, 3.63) is 53.3 Å². The van der Waals surface area contributed by atoms with Crippen molar-refractivity contribution in [2.24, 2.45) is 0 Å². The van der Waals surface area contributed by atoms with E-state index in [9.17, 15) is 18.3 Å². The molecule has 0 saturated carbocycles. The Balaban J connectivity index is 2.20. The van der Waals surface area contributed by atoms with Gasteiger partial charge in [-0.25, -0.2) is 9.50 Å². The summed E-state index contributed by atoms with van der Waals surface area (Å²) in [5.74, 6) is 0. The zero-order chi connectivity index (χ0) is 15.9. The van der Waals surface area contributed by atoms with E-state index in [2.05, 4.69) is 10.1 Å². The van der Waals surface area contributed by atoms with Gasteiger partial charge in [-0.1, -0.05) is 41.9 Å². The predicted molar refractivity (Wildman–Crippen MR) is 74.4 cm³/mol. The van der Waals surface area contributed by atoms with Crippen LogP contribution in [0.4, 0.5) is 13.2 Å². The molecule has 2 aromatic heterocycles. The molecule has 8 heteroatoms. The van der Waals surface area contributed by atoms with Gasteiger partial charge in [0.2, 0.25) is 0 Å². The van der Waals surface area contributed by atoms with Gasteiger partial charge in [0.15, 0.2) is 11.8 Å². The summed E-state index contributed by atoms with van der Waals surface area (Å²) in [6.07, 6.45) is -6.55.